The van der Waals surface area contributed by atoms with Crippen LogP contribution in [0.4, 0.5) is 0 Å². The van der Waals surface area contributed by atoms with Gasteiger partial charge in [0.15, 0.2) is 0 Å². The lowest BCUT2D eigenvalue weighted by molar-refractivity contribution is 0.0692. The van der Waals surface area contributed by atoms with Gasteiger partial charge in [-0.3, -0.25) is 9.89 Å². The molecule has 10 heteroatoms. The summed E-state index contributed by atoms with van der Waals surface area (Å²) in [7, 11) is -2.40. The van der Waals surface area contributed by atoms with Crippen molar-refractivity contribution in [3.05, 3.63) is 64.3 Å². The zero-order valence-electron chi connectivity index (χ0n) is 18.6. The molecule has 1 aromatic heterocycles. The van der Waals surface area contributed by atoms with E-state index in [1.807, 2.05) is 26.0 Å². The van der Waals surface area contributed by atoms with Gasteiger partial charge < -0.3 is 9.64 Å². The van der Waals surface area contributed by atoms with E-state index in [4.69, 9.17) is 16.3 Å². The van der Waals surface area contributed by atoms with Gasteiger partial charge in [0.05, 0.1) is 12.8 Å². The van der Waals surface area contributed by atoms with Crippen molar-refractivity contribution in [3.8, 4) is 17.0 Å². The van der Waals surface area contributed by atoms with Gasteiger partial charge in [0.1, 0.15) is 16.3 Å². The molecule has 1 N–H and O–H groups in total. The van der Waals surface area contributed by atoms with Crippen LogP contribution in [0.1, 0.15) is 21.6 Å². The molecule has 0 aliphatic carbocycles. The van der Waals surface area contributed by atoms with Gasteiger partial charge in [0.25, 0.3) is 5.91 Å². The van der Waals surface area contributed by atoms with Gasteiger partial charge in [-0.15, -0.1) is 0 Å². The second-order valence-electron chi connectivity index (χ2n) is 7.98. The second kappa shape index (κ2) is 9.17. The molecule has 3 aromatic rings. The number of aromatic nitrogens is 2. The Hall–Kier alpha value is -2.88. The molecule has 1 aliphatic heterocycles. The lowest BCUT2D eigenvalue weighted by Crippen LogP contribution is -2.50. The number of aryl methyl sites for hydroxylation is 2. The topological polar surface area (TPSA) is 95.6 Å². The Morgan fingerprint density at radius 1 is 1.06 bits per heavy atom. The van der Waals surface area contributed by atoms with E-state index in [1.54, 1.807) is 17.0 Å². The van der Waals surface area contributed by atoms with Gasteiger partial charge >= 0.3 is 0 Å². The van der Waals surface area contributed by atoms with E-state index in [-0.39, 0.29) is 42.7 Å². The molecule has 0 bridgehead atoms. The van der Waals surface area contributed by atoms with Crippen LogP contribution in [0, 0.1) is 13.8 Å². The van der Waals surface area contributed by atoms with E-state index in [0.29, 0.717) is 16.4 Å². The zero-order valence-corrected chi connectivity index (χ0v) is 20.2. The molecule has 0 radical (unpaired) electrons. The molecule has 0 spiro atoms. The maximum Gasteiger partial charge on any atom is 0.271 e. The van der Waals surface area contributed by atoms with Crippen molar-refractivity contribution >= 4 is 27.5 Å². The SMILES string of the molecule is COc1ccc(Cl)cc1S(=O)(=O)N1CCN(C(=O)c2cc(-c3ccc(C)cc3C)n[nH]2)CC1. The van der Waals surface area contributed by atoms with Gasteiger partial charge in [-0.2, -0.15) is 9.40 Å². The molecule has 1 amide bonds. The van der Waals surface area contributed by atoms with Gasteiger partial charge in [-0.25, -0.2) is 8.42 Å². The van der Waals surface area contributed by atoms with E-state index in [9.17, 15) is 13.2 Å². The summed E-state index contributed by atoms with van der Waals surface area (Å²) in [5.41, 5.74) is 4.27. The molecule has 8 nitrogen and oxygen atoms in total. The fourth-order valence-electron chi connectivity index (χ4n) is 3.96. The monoisotopic (exact) mass is 488 g/mol. The van der Waals surface area contributed by atoms with Crippen LogP contribution in [-0.4, -0.2) is 67.0 Å². The van der Waals surface area contributed by atoms with E-state index in [2.05, 4.69) is 16.3 Å². The predicted octanol–water partition coefficient (Wildman–Crippen LogP) is 3.50. The van der Waals surface area contributed by atoms with Crippen molar-refractivity contribution in [2.45, 2.75) is 18.7 Å². The summed E-state index contributed by atoms with van der Waals surface area (Å²) in [6.45, 7) is 4.90. The van der Waals surface area contributed by atoms with Gasteiger partial charge in [0, 0.05) is 36.8 Å². The number of ether oxygens (including phenoxy) is 1. The first-order valence-electron chi connectivity index (χ1n) is 10.5. The smallest absolute Gasteiger partial charge is 0.271 e. The van der Waals surface area contributed by atoms with Gasteiger partial charge in [0.2, 0.25) is 10.0 Å². The molecule has 4 rings (SSSR count). The van der Waals surface area contributed by atoms with Crippen molar-refractivity contribution in [1.82, 2.24) is 19.4 Å². The number of methoxy groups -OCH3 is 1. The molecule has 1 aliphatic rings. The summed E-state index contributed by atoms with van der Waals surface area (Å²) in [6, 6.07) is 12.3. The number of amides is 1. The average molecular weight is 489 g/mol. The number of sulfonamides is 1. The minimum atomic E-state index is -3.82. The fraction of sp³-hybridized carbons (Fsp3) is 0.304. The number of halogens is 1. The van der Waals surface area contributed by atoms with Crippen LogP contribution in [0.5, 0.6) is 5.75 Å². The fourth-order valence-corrected chi connectivity index (χ4v) is 5.80. The molecule has 174 valence electrons. The minimum absolute atomic E-state index is 0.0175. The Balaban J connectivity index is 1.47. The number of nitrogens with one attached hydrogen (secondary N) is 1. The number of rotatable bonds is 5. The third kappa shape index (κ3) is 4.62. The number of hydrogen-bond acceptors (Lipinski definition) is 5. The molecule has 2 heterocycles. The molecule has 0 unspecified atom stereocenters. The number of hydrogen-bond donors (Lipinski definition) is 1. The Labute approximate surface area is 198 Å². The molecule has 2 aromatic carbocycles. The van der Waals surface area contributed by atoms with Crippen LogP contribution in [0.2, 0.25) is 5.02 Å². The van der Waals surface area contributed by atoms with Crippen molar-refractivity contribution < 1.29 is 17.9 Å². The quantitative estimate of drug-likeness (QED) is 0.593. The number of aromatic amines is 1. The highest BCUT2D eigenvalue weighted by atomic mass is 35.5. The van der Waals surface area contributed by atoms with E-state index in [0.717, 1.165) is 16.7 Å². The summed E-state index contributed by atoms with van der Waals surface area (Å²) in [4.78, 5) is 14.6. The number of piperazine rings is 1. The number of benzene rings is 2. The lowest BCUT2D eigenvalue weighted by atomic mass is 10.0. The van der Waals surface area contributed by atoms with Crippen LogP contribution in [0.25, 0.3) is 11.3 Å². The molecule has 33 heavy (non-hydrogen) atoms. The van der Waals surface area contributed by atoms with Crippen molar-refractivity contribution in [1.29, 1.82) is 0 Å². The average Bonchev–Trinajstić information content (AvgIpc) is 3.28. The van der Waals surface area contributed by atoms with E-state index >= 15 is 0 Å². The van der Waals surface area contributed by atoms with Crippen LogP contribution in [0.15, 0.2) is 47.4 Å². The van der Waals surface area contributed by atoms with Crippen LogP contribution < -0.4 is 4.74 Å². The highest BCUT2D eigenvalue weighted by Crippen LogP contribution is 2.30. The van der Waals surface area contributed by atoms with E-state index in [1.165, 1.54) is 23.5 Å². The van der Waals surface area contributed by atoms with Crippen molar-refractivity contribution in [3.63, 3.8) is 0 Å². The third-order valence-corrected chi connectivity index (χ3v) is 7.89. The predicted molar refractivity (Wildman–Crippen MR) is 126 cm³/mol. The Morgan fingerprint density at radius 3 is 2.45 bits per heavy atom. The van der Waals surface area contributed by atoms with Gasteiger partial charge in [-0.05, 0) is 43.7 Å². The molecule has 0 saturated carbocycles. The minimum Gasteiger partial charge on any atom is -0.495 e. The number of H-pyrrole nitrogens is 1. The summed E-state index contributed by atoms with van der Waals surface area (Å²) >= 11 is 6.01. The molecule has 0 atom stereocenters. The Morgan fingerprint density at radius 2 is 1.79 bits per heavy atom. The van der Waals surface area contributed by atoms with Crippen molar-refractivity contribution in [2.75, 3.05) is 33.3 Å². The first-order chi connectivity index (χ1) is 15.7. The molecular formula is C23H25ClN4O4S. The number of carbonyl (C=O) groups is 1. The zero-order chi connectivity index (χ0) is 23.8. The lowest BCUT2D eigenvalue weighted by Gasteiger charge is -2.34. The second-order valence-corrected chi connectivity index (χ2v) is 10.3. The van der Waals surface area contributed by atoms with Gasteiger partial charge in [-0.1, -0.05) is 35.4 Å². The van der Waals surface area contributed by atoms with E-state index < -0.39 is 10.0 Å². The summed E-state index contributed by atoms with van der Waals surface area (Å²) < 4.78 is 32.9. The van der Waals surface area contributed by atoms with Crippen molar-refractivity contribution in [2.24, 2.45) is 0 Å². The molecular weight excluding hydrogens is 464 g/mol. The number of nitrogens with zero attached hydrogens (tertiary/aromatic N) is 3. The Bertz CT molecular complexity index is 1300. The number of carbonyl (C=O) groups excluding carboxylic acids is 1. The van der Waals surface area contributed by atoms with Crippen LogP contribution in [-0.2, 0) is 10.0 Å². The standard InChI is InChI=1S/C23H25ClN4O4S/c1-15-4-6-18(16(2)12-15)19-14-20(26-25-19)23(29)27-8-10-28(11-9-27)33(30,31)22-13-17(24)5-7-21(22)32-3/h4-7,12-14H,8-11H2,1-3H3,(H,25,26). The first kappa shape index (κ1) is 23.3. The summed E-state index contributed by atoms with van der Waals surface area (Å²) in [5.74, 6) is 0.0187. The maximum absolute atomic E-state index is 13.1. The maximum atomic E-state index is 13.1. The molecule has 1 saturated heterocycles. The van der Waals surface area contributed by atoms with Crippen LogP contribution in [0.3, 0.4) is 0 Å². The summed E-state index contributed by atoms with van der Waals surface area (Å²) in [5, 5.41) is 7.44. The first-order valence-corrected chi connectivity index (χ1v) is 12.3. The summed E-state index contributed by atoms with van der Waals surface area (Å²) in [6.07, 6.45) is 0. The molecule has 1 fully saturated rings. The normalized spacial score (nSPS) is 15.0. The van der Waals surface area contributed by atoms with Crippen LogP contribution >= 0.6 is 11.6 Å². The highest BCUT2D eigenvalue weighted by Gasteiger charge is 2.33. The largest absolute Gasteiger partial charge is 0.495 e. The highest BCUT2D eigenvalue weighted by molar-refractivity contribution is 7.89. The third-order valence-electron chi connectivity index (χ3n) is 5.74. The Kier molecular flexibility index (Phi) is 6.47.